The van der Waals surface area contributed by atoms with Gasteiger partial charge in [0.25, 0.3) is 0 Å². The Morgan fingerprint density at radius 3 is 2.76 bits per heavy atom. The molecule has 4 heteroatoms. The Hall–Kier alpha value is -1.81. The van der Waals surface area contributed by atoms with E-state index >= 15 is 0 Å². The van der Waals surface area contributed by atoms with Crippen molar-refractivity contribution in [2.75, 3.05) is 6.61 Å². The van der Waals surface area contributed by atoms with Crippen LogP contribution in [0.5, 0.6) is 5.75 Å². The van der Waals surface area contributed by atoms with E-state index in [-0.39, 0.29) is 18.6 Å². The first kappa shape index (κ1) is 15.6. The minimum Gasteiger partial charge on any atom is -0.481 e. The molecule has 1 N–H and O–H groups in total. The lowest BCUT2D eigenvalue weighted by molar-refractivity contribution is -0.137. The average Bonchev–Trinajstić information content (AvgIpc) is 2.48. The zero-order valence-electron chi connectivity index (χ0n) is 12.3. The van der Waals surface area contributed by atoms with E-state index in [1.807, 2.05) is 43.3 Å². The molecule has 1 saturated heterocycles. The highest BCUT2D eigenvalue weighted by Gasteiger charge is 2.16. The number of carboxylic acid groups (broad SMARTS) is 1. The Morgan fingerprint density at radius 1 is 1.43 bits per heavy atom. The molecule has 0 spiro atoms. The molecule has 21 heavy (non-hydrogen) atoms. The standard InChI is InChI=1S/C17H22O4/c1-2-5-14(12-16(18)19)13-7-9-15(10-8-13)21-17-6-3-4-11-20-17/h2,5,7-10,14,17H,3-4,6,11-12H2,1H3,(H,18,19)/t14-,17?/m1/s1. The summed E-state index contributed by atoms with van der Waals surface area (Å²) in [6.07, 6.45) is 6.87. The SMILES string of the molecule is CC=C[C@H](CC(=O)O)c1ccc(OC2CCCCO2)cc1. The molecule has 2 atom stereocenters. The summed E-state index contributed by atoms with van der Waals surface area (Å²) in [4.78, 5) is 10.9. The van der Waals surface area contributed by atoms with Gasteiger partial charge in [-0.25, -0.2) is 0 Å². The summed E-state index contributed by atoms with van der Waals surface area (Å²) in [5.41, 5.74) is 0.979. The number of carboxylic acids is 1. The van der Waals surface area contributed by atoms with Gasteiger partial charge < -0.3 is 14.6 Å². The fourth-order valence-electron chi connectivity index (χ4n) is 2.47. The number of aliphatic carboxylic acids is 1. The number of ether oxygens (including phenoxy) is 2. The molecule has 1 heterocycles. The lowest BCUT2D eigenvalue weighted by Crippen LogP contribution is -2.24. The quantitative estimate of drug-likeness (QED) is 0.811. The van der Waals surface area contributed by atoms with Gasteiger partial charge in [-0.1, -0.05) is 24.3 Å². The van der Waals surface area contributed by atoms with E-state index in [4.69, 9.17) is 14.6 Å². The molecular weight excluding hydrogens is 268 g/mol. The van der Waals surface area contributed by atoms with Crippen LogP contribution >= 0.6 is 0 Å². The molecule has 1 aromatic rings. The van der Waals surface area contributed by atoms with Crippen molar-refractivity contribution in [2.45, 2.75) is 44.8 Å². The van der Waals surface area contributed by atoms with Crippen LogP contribution in [-0.2, 0) is 9.53 Å². The van der Waals surface area contributed by atoms with Crippen molar-refractivity contribution in [3.63, 3.8) is 0 Å². The van der Waals surface area contributed by atoms with Crippen molar-refractivity contribution in [1.82, 2.24) is 0 Å². The number of carbonyl (C=O) groups is 1. The number of hydrogen-bond donors (Lipinski definition) is 1. The number of benzene rings is 1. The second-order valence-corrected chi connectivity index (χ2v) is 5.21. The zero-order valence-corrected chi connectivity index (χ0v) is 12.3. The van der Waals surface area contributed by atoms with Gasteiger partial charge in [-0.3, -0.25) is 4.79 Å². The molecule has 0 radical (unpaired) electrons. The van der Waals surface area contributed by atoms with Gasteiger partial charge in [0.1, 0.15) is 5.75 Å². The molecule has 1 unspecified atom stereocenters. The van der Waals surface area contributed by atoms with Crippen molar-refractivity contribution in [1.29, 1.82) is 0 Å². The summed E-state index contributed by atoms with van der Waals surface area (Å²) in [7, 11) is 0. The first-order chi connectivity index (χ1) is 10.2. The second-order valence-electron chi connectivity index (χ2n) is 5.21. The van der Waals surface area contributed by atoms with Gasteiger partial charge in [0.2, 0.25) is 0 Å². The van der Waals surface area contributed by atoms with E-state index in [0.29, 0.717) is 0 Å². The number of hydrogen-bond acceptors (Lipinski definition) is 3. The highest BCUT2D eigenvalue weighted by Crippen LogP contribution is 2.25. The Morgan fingerprint density at radius 2 is 2.19 bits per heavy atom. The van der Waals surface area contributed by atoms with Crippen molar-refractivity contribution in [2.24, 2.45) is 0 Å². The van der Waals surface area contributed by atoms with E-state index in [9.17, 15) is 4.79 Å². The summed E-state index contributed by atoms with van der Waals surface area (Å²) >= 11 is 0. The van der Waals surface area contributed by atoms with Crippen LogP contribution < -0.4 is 4.74 Å². The average molecular weight is 290 g/mol. The number of allylic oxidation sites excluding steroid dienone is 2. The molecule has 2 rings (SSSR count). The molecular formula is C17H22O4. The first-order valence-corrected chi connectivity index (χ1v) is 7.42. The van der Waals surface area contributed by atoms with Gasteiger partial charge in [-0.05, 0) is 37.5 Å². The van der Waals surface area contributed by atoms with E-state index in [0.717, 1.165) is 37.2 Å². The van der Waals surface area contributed by atoms with Gasteiger partial charge in [-0.15, -0.1) is 0 Å². The van der Waals surface area contributed by atoms with Crippen molar-refractivity contribution < 1.29 is 19.4 Å². The zero-order chi connectivity index (χ0) is 15.1. The molecule has 0 aromatic heterocycles. The van der Waals surface area contributed by atoms with Crippen LogP contribution in [0.4, 0.5) is 0 Å². The third kappa shape index (κ3) is 4.90. The maximum atomic E-state index is 10.9. The van der Waals surface area contributed by atoms with Crippen molar-refractivity contribution in [3.05, 3.63) is 42.0 Å². The minimum atomic E-state index is -0.797. The van der Waals surface area contributed by atoms with Crippen LogP contribution in [0.15, 0.2) is 36.4 Å². The fourth-order valence-corrected chi connectivity index (χ4v) is 2.47. The van der Waals surface area contributed by atoms with E-state index in [1.54, 1.807) is 0 Å². The predicted octanol–water partition coefficient (Wildman–Crippen LogP) is 3.73. The Balaban J connectivity index is 2.00. The highest BCUT2D eigenvalue weighted by atomic mass is 16.7. The first-order valence-electron chi connectivity index (χ1n) is 7.42. The summed E-state index contributed by atoms with van der Waals surface area (Å²) in [5.74, 6) is -0.137. The van der Waals surface area contributed by atoms with Gasteiger partial charge in [0.15, 0.2) is 6.29 Å². The van der Waals surface area contributed by atoms with E-state index in [2.05, 4.69) is 0 Å². The van der Waals surface area contributed by atoms with Crippen LogP contribution in [0.2, 0.25) is 0 Å². The molecule has 1 aromatic carbocycles. The van der Waals surface area contributed by atoms with Crippen molar-refractivity contribution in [3.8, 4) is 5.75 Å². The smallest absolute Gasteiger partial charge is 0.304 e. The van der Waals surface area contributed by atoms with Crippen LogP contribution in [0.25, 0.3) is 0 Å². The Labute approximate surface area is 125 Å². The van der Waals surface area contributed by atoms with Gasteiger partial charge in [0.05, 0.1) is 13.0 Å². The normalized spacial score (nSPS) is 20.3. The summed E-state index contributed by atoms with van der Waals surface area (Å²) in [6.45, 7) is 2.65. The lowest BCUT2D eigenvalue weighted by atomic mass is 9.95. The Kier molecular flexibility index (Phi) is 5.81. The summed E-state index contributed by atoms with van der Waals surface area (Å²) in [5, 5.41) is 8.97. The largest absolute Gasteiger partial charge is 0.481 e. The molecule has 1 aliphatic heterocycles. The molecule has 4 nitrogen and oxygen atoms in total. The van der Waals surface area contributed by atoms with Crippen LogP contribution in [-0.4, -0.2) is 24.0 Å². The lowest BCUT2D eigenvalue weighted by Gasteiger charge is -2.23. The van der Waals surface area contributed by atoms with Gasteiger partial charge >= 0.3 is 5.97 Å². The van der Waals surface area contributed by atoms with E-state index in [1.165, 1.54) is 0 Å². The Bertz CT molecular complexity index is 472. The molecule has 0 amide bonds. The molecule has 0 aliphatic carbocycles. The maximum absolute atomic E-state index is 10.9. The van der Waals surface area contributed by atoms with Crippen LogP contribution in [0.1, 0.15) is 44.1 Å². The number of rotatable bonds is 6. The molecule has 1 fully saturated rings. The highest BCUT2D eigenvalue weighted by molar-refractivity contribution is 5.68. The monoisotopic (exact) mass is 290 g/mol. The molecule has 0 bridgehead atoms. The van der Waals surface area contributed by atoms with Crippen molar-refractivity contribution >= 4 is 5.97 Å². The van der Waals surface area contributed by atoms with Gasteiger partial charge in [-0.2, -0.15) is 0 Å². The predicted molar refractivity (Wildman–Crippen MR) is 80.5 cm³/mol. The summed E-state index contributed by atoms with van der Waals surface area (Å²) < 4.78 is 11.3. The van der Waals surface area contributed by atoms with E-state index < -0.39 is 5.97 Å². The third-order valence-electron chi connectivity index (χ3n) is 3.53. The molecule has 0 saturated carbocycles. The van der Waals surface area contributed by atoms with Gasteiger partial charge in [0, 0.05) is 12.3 Å². The molecule has 114 valence electrons. The minimum absolute atomic E-state index is 0.0935. The summed E-state index contributed by atoms with van der Waals surface area (Å²) in [6, 6.07) is 7.61. The second kappa shape index (κ2) is 7.84. The topological polar surface area (TPSA) is 55.8 Å². The van der Waals surface area contributed by atoms with Crippen LogP contribution in [0, 0.1) is 0 Å². The van der Waals surface area contributed by atoms with Crippen LogP contribution in [0.3, 0.4) is 0 Å². The fraction of sp³-hybridized carbons (Fsp3) is 0.471. The third-order valence-corrected chi connectivity index (χ3v) is 3.53. The maximum Gasteiger partial charge on any atom is 0.304 e. The molecule has 1 aliphatic rings.